The Balaban J connectivity index is 1.78. The predicted octanol–water partition coefficient (Wildman–Crippen LogP) is 5.11. The molecule has 3 aromatic rings. The summed E-state index contributed by atoms with van der Waals surface area (Å²) in [6.45, 7) is 4.14. The minimum atomic E-state index is -0.455. The first kappa shape index (κ1) is 18.5. The zero-order valence-electron chi connectivity index (χ0n) is 16.5. The van der Waals surface area contributed by atoms with Crippen LogP contribution in [0.4, 0.5) is 0 Å². The summed E-state index contributed by atoms with van der Waals surface area (Å²) in [5, 5.41) is 0.447. The molecule has 1 saturated carbocycles. The third-order valence-electron chi connectivity index (χ3n) is 5.57. The fraction of sp³-hybridized carbons (Fsp3) is 0.333. The van der Waals surface area contributed by atoms with Gasteiger partial charge >= 0.3 is 5.97 Å². The van der Waals surface area contributed by atoms with Crippen molar-refractivity contribution in [3.05, 3.63) is 80.7 Å². The van der Waals surface area contributed by atoms with Crippen LogP contribution in [0.2, 0.25) is 0 Å². The summed E-state index contributed by atoms with van der Waals surface area (Å²) in [5.74, 6) is 0.993. The lowest BCUT2D eigenvalue weighted by atomic mass is 10.00. The fourth-order valence-corrected chi connectivity index (χ4v) is 3.95. The van der Waals surface area contributed by atoms with Gasteiger partial charge in [-0.3, -0.25) is 4.79 Å². The Hall–Kier alpha value is -2.88. The van der Waals surface area contributed by atoms with Gasteiger partial charge in [-0.1, -0.05) is 43.2 Å². The van der Waals surface area contributed by atoms with Crippen molar-refractivity contribution < 1.29 is 13.9 Å². The molecule has 1 aliphatic rings. The average Bonchev–Trinajstić information content (AvgIpc) is 3.50. The fourth-order valence-electron chi connectivity index (χ4n) is 3.95. The second-order valence-corrected chi connectivity index (χ2v) is 7.59. The smallest absolute Gasteiger partial charge is 0.337 e. The van der Waals surface area contributed by atoms with Crippen molar-refractivity contribution in [1.29, 1.82) is 0 Å². The second kappa shape index (κ2) is 7.27. The predicted molar refractivity (Wildman–Crippen MR) is 109 cm³/mol. The summed E-state index contributed by atoms with van der Waals surface area (Å²) >= 11 is 0. The maximum absolute atomic E-state index is 13.2. The second-order valence-electron chi connectivity index (χ2n) is 7.59. The van der Waals surface area contributed by atoms with Crippen LogP contribution in [0.15, 0.2) is 51.7 Å². The summed E-state index contributed by atoms with van der Waals surface area (Å²) in [5.41, 5.74) is 4.15. The first-order chi connectivity index (χ1) is 13.5. The van der Waals surface area contributed by atoms with E-state index in [1.54, 1.807) is 18.2 Å². The van der Waals surface area contributed by atoms with Crippen LogP contribution in [-0.2, 0) is 11.2 Å². The number of esters is 1. The molecular weight excluding hydrogens is 352 g/mol. The van der Waals surface area contributed by atoms with E-state index in [-0.39, 0.29) is 11.3 Å². The summed E-state index contributed by atoms with van der Waals surface area (Å²) in [4.78, 5) is 25.0. The zero-order chi connectivity index (χ0) is 19.8. The highest BCUT2D eigenvalue weighted by atomic mass is 16.5. The summed E-state index contributed by atoms with van der Waals surface area (Å²) in [6, 6.07) is 13.5. The highest BCUT2D eigenvalue weighted by molar-refractivity contribution is 5.94. The van der Waals surface area contributed by atoms with E-state index in [4.69, 9.17) is 9.15 Å². The van der Waals surface area contributed by atoms with Gasteiger partial charge in [-0.25, -0.2) is 4.79 Å². The molecule has 1 aromatic heterocycles. The van der Waals surface area contributed by atoms with Crippen LogP contribution in [0, 0.1) is 6.92 Å². The number of carbonyl (C=O) groups excluding carboxylic acids is 1. The number of carbonyl (C=O) groups is 1. The van der Waals surface area contributed by atoms with Gasteiger partial charge in [0.2, 0.25) is 0 Å². The summed E-state index contributed by atoms with van der Waals surface area (Å²) in [7, 11) is 1.33. The molecule has 1 heterocycles. The van der Waals surface area contributed by atoms with Gasteiger partial charge < -0.3 is 9.15 Å². The number of methoxy groups -OCH3 is 1. The van der Waals surface area contributed by atoms with Crippen LogP contribution >= 0.6 is 0 Å². The number of ether oxygens (including phenoxy) is 1. The number of aryl methyl sites for hydroxylation is 1. The maximum atomic E-state index is 13.2. The van der Waals surface area contributed by atoms with E-state index in [1.165, 1.54) is 18.2 Å². The van der Waals surface area contributed by atoms with Gasteiger partial charge in [0.05, 0.1) is 18.1 Å². The van der Waals surface area contributed by atoms with E-state index >= 15 is 0 Å². The Morgan fingerprint density at radius 3 is 2.57 bits per heavy atom. The molecule has 1 aliphatic carbocycles. The Morgan fingerprint density at radius 1 is 1.14 bits per heavy atom. The molecular formula is C24H24O4. The van der Waals surface area contributed by atoms with Crippen molar-refractivity contribution >= 4 is 16.9 Å². The van der Waals surface area contributed by atoms with Gasteiger partial charge in [-0.2, -0.15) is 0 Å². The van der Waals surface area contributed by atoms with Gasteiger partial charge in [0.1, 0.15) is 11.3 Å². The maximum Gasteiger partial charge on any atom is 0.337 e. The van der Waals surface area contributed by atoms with Crippen LogP contribution in [0.25, 0.3) is 11.0 Å². The molecule has 0 bridgehead atoms. The first-order valence-electron chi connectivity index (χ1n) is 9.78. The van der Waals surface area contributed by atoms with Crippen LogP contribution in [0.5, 0.6) is 0 Å². The van der Waals surface area contributed by atoms with E-state index < -0.39 is 5.97 Å². The largest absolute Gasteiger partial charge is 0.465 e. The van der Waals surface area contributed by atoms with E-state index in [2.05, 4.69) is 38.1 Å². The molecule has 144 valence electrons. The monoisotopic (exact) mass is 376 g/mol. The highest BCUT2D eigenvalue weighted by Gasteiger charge is 2.43. The van der Waals surface area contributed by atoms with E-state index in [1.807, 2.05) is 0 Å². The average molecular weight is 376 g/mol. The lowest BCUT2D eigenvalue weighted by molar-refractivity contribution is 0.0601. The summed E-state index contributed by atoms with van der Waals surface area (Å²) in [6.07, 6.45) is 2.53. The molecule has 0 amide bonds. The Kier molecular flexibility index (Phi) is 4.80. The highest BCUT2D eigenvalue weighted by Crippen LogP contribution is 2.55. The number of rotatable bonds is 5. The molecule has 2 atom stereocenters. The molecule has 0 aliphatic heterocycles. The van der Waals surface area contributed by atoms with Crippen molar-refractivity contribution in [2.75, 3.05) is 7.11 Å². The minimum Gasteiger partial charge on any atom is -0.465 e. The molecule has 0 N–H and O–H groups in total. The van der Waals surface area contributed by atoms with Crippen molar-refractivity contribution in [2.24, 2.45) is 0 Å². The zero-order valence-corrected chi connectivity index (χ0v) is 16.5. The molecule has 4 nitrogen and oxygen atoms in total. The van der Waals surface area contributed by atoms with Crippen LogP contribution in [0.1, 0.15) is 64.4 Å². The molecule has 2 aromatic carbocycles. The van der Waals surface area contributed by atoms with Gasteiger partial charge in [0.15, 0.2) is 5.43 Å². The Labute approximate surface area is 164 Å². The minimum absolute atomic E-state index is 0.0293. The van der Waals surface area contributed by atoms with Gasteiger partial charge in [-0.15, -0.1) is 0 Å². The molecule has 2 unspecified atom stereocenters. The quantitative estimate of drug-likeness (QED) is 0.581. The van der Waals surface area contributed by atoms with Gasteiger partial charge in [0, 0.05) is 11.5 Å². The van der Waals surface area contributed by atoms with E-state index in [0.717, 1.165) is 24.2 Å². The van der Waals surface area contributed by atoms with Crippen LogP contribution in [0.3, 0.4) is 0 Å². The van der Waals surface area contributed by atoms with Gasteiger partial charge in [0.25, 0.3) is 0 Å². The first-order valence-corrected chi connectivity index (χ1v) is 9.78. The molecule has 1 fully saturated rings. The third-order valence-corrected chi connectivity index (χ3v) is 5.57. The Bertz CT molecular complexity index is 1090. The Morgan fingerprint density at radius 2 is 1.89 bits per heavy atom. The van der Waals surface area contributed by atoms with Crippen LogP contribution < -0.4 is 5.43 Å². The number of benzene rings is 2. The molecule has 0 radical (unpaired) electrons. The van der Waals surface area contributed by atoms with E-state index in [9.17, 15) is 9.59 Å². The standard InChI is InChI=1S/C24H24O4/c1-4-5-17-22(25)20-12-16(24(26)27-3)10-11-21(20)28-23(17)19-13-18(19)15-8-6-14(2)7-9-15/h6-12,18-19H,4-5,13H2,1-3H3. The number of fused-ring (bicyclic) bond motifs is 1. The van der Waals surface area contributed by atoms with Crippen molar-refractivity contribution in [3.8, 4) is 0 Å². The molecule has 4 heteroatoms. The summed E-state index contributed by atoms with van der Waals surface area (Å²) < 4.78 is 11.0. The van der Waals surface area contributed by atoms with Crippen molar-refractivity contribution in [3.63, 3.8) is 0 Å². The van der Waals surface area contributed by atoms with E-state index in [0.29, 0.717) is 28.9 Å². The third kappa shape index (κ3) is 3.24. The normalized spacial score (nSPS) is 18.2. The number of hydrogen-bond acceptors (Lipinski definition) is 4. The van der Waals surface area contributed by atoms with Crippen molar-refractivity contribution in [1.82, 2.24) is 0 Å². The molecule has 0 spiro atoms. The lowest BCUT2D eigenvalue weighted by Crippen LogP contribution is -2.13. The molecule has 0 saturated heterocycles. The van der Waals surface area contributed by atoms with Crippen molar-refractivity contribution in [2.45, 2.75) is 44.9 Å². The lowest BCUT2D eigenvalue weighted by Gasteiger charge is -2.10. The number of hydrogen-bond donors (Lipinski definition) is 0. The molecule has 28 heavy (non-hydrogen) atoms. The van der Waals surface area contributed by atoms with Gasteiger partial charge in [-0.05, 0) is 49.4 Å². The topological polar surface area (TPSA) is 56.5 Å². The van der Waals surface area contributed by atoms with Crippen LogP contribution in [-0.4, -0.2) is 13.1 Å². The molecule has 4 rings (SSSR count). The SMILES string of the molecule is CCCc1c(C2CC2c2ccc(C)cc2)oc2ccc(C(=O)OC)cc2c1=O.